The molecule has 1 aliphatic heterocycles. The molecule has 0 N–H and O–H groups in total. The standard InChI is InChI=1S/C19H26N4OS2/c1-12-6-4-7-13(2)22(12)18(24)14(3)26-19-21-20-17(16-8-5-11-25-16)23(19)15-9-10-15/h5,8,11-15H,4,6-7,9-10H2,1-3H3. The van der Waals surface area contributed by atoms with E-state index in [9.17, 15) is 4.79 Å². The van der Waals surface area contributed by atoms with Crippen molar-refractivity contribution in [2.45, 2.75) is 81.4 Å². The smallest absolute Gasteiger partial charge is 0.236 e. The van der Waals surface area contributed by atoms with E-state index in [0.717, 1.165) is 28.7 Å². The number of thiophene rings is 1. The van der Waals surface area contributed by atoms with Gasteiger partial charge in [0.2, 0.25) is 5.91 Å². The molecule has 3 atom stereocenters. The maximum absolute atomic E-state index is 13.1. The molecule has 1 saturated carbocycles. The van der Waals surface area contributed by atoms with Gasteiger partial charge in [-0.1, -0.05) is 17.8 Å². The molecule has 0 aromatic carbocycles. The van der Waals surface area contributed by atoms with Gasteiger partial charge in [-0.05, 0) is 64.3 Å². The van der Waals surface area contributed by atoms with E-state index in [2.05, 4.69) is 45.0 Å². The van der Waals surface area contributed by atoms with E-state index >= 15 is 0 Å². The highest BCUT2D eigenvalue weighted by molar-refractivity contribution is 8.00. The predicted molar refractivity (Wildman–Crippen MR) is 107 cm³/mol. The zero-order valence-corrected chi connectivity index (χ0v) is 17.2. The molecule has 0 spiro atoms. The lowest BCUT2D eigenvalue weighted by molar-refractivity contribution is -0.136. The molecule has 1 aliphatic carbocycles. The summed E-state index contributed by atoms with van der Waals surface area (Å²) in [7, 11) is 0. The Morgan fingerprint density at radius 3 is 2.58 bits per heavy atom. The van der Waals surface area contributed by atoms with Gasteiger partial charge in [-0.2, -0.15) is 0 Å². The van der Waals surface area contributed by atoms with Gasteiger partial charge >= 0.3 is 0 Å². The van der Waals surface area contributed by atoms with Crippen molar-refractivity contribution < 1.29 is 4.79 Å². The number of carbonyl (C=O) groups excluding carboxylic acids is 1. The van der Waals surface area contributed by atoms with Crippen LogP contribution in [0.3, 0.4) is 0 Å². The molecule has 3 unspecified atom stereocenters. The number of hydrogen-bond acceptors (Lipinski definition) is 5. The van der Waals surface area contributed by atoms with Gasteiger partial charge in [-0.15, -0.1) is 21.5 Å². The van der Waals surface area contributed by atoms with Gasteiger partial charge in [0, 0.05) is 18.1 Å². The first-order chi connectivity index (χ1) is 12.6. The van der Waals surface area contributed by atoms with Crippen molar-refractivity contribution in [3.8, 4) is 10.7 Å². The molecule has 0 bridgehead atoms. The third-order valence-corrected chi connectivity index (χ3v) is 7.31. The Labute approximate surface area is 163 Å². The summed E-state index contributed by atoms with van der Waals surface area (Å²) in [6.07, 6.45) is 5.77. The molecule has 26 heavy (non-hydrogen) atoms. The predicted octanol–water partition coefficient (Wildman–Crippen LogP) is 4.61. The molecule has 2 fully saturated rings. The maximum atomic E-state index is 13.1. The minimum atomic E-state index is -0.143. The Hall–Kier alpha value is -1.34. The van der Waals surface area contributed by atoms with E-state index in [-0.39, 0.29) is 11.2 Å². The van der Waals surface area contributed by atoms with Gasteiger partial charge in [0.1, 0.15) is 0 Å². The molecule has 7 heteroatoms. The lowest BCUT2D eigenvalue weighted by Gasteiger charge is -2.40. The highest BCUT2D eigenvalue weighted by atomic mass is 32.2. The number of piperidine rings is 1. The minimum Gasteiger partial charge on any atom is -0.336 e. The number of carbonyl (C=O) groups is 1. The summed E-state index contributed by atoms with van der Waals surface area (Å²) in [4.78, 5) is 16.3. The third-order valence-electron chi connectivity index (χ3n) is 5.40. The zero-order chi connectivity index (χ0) is 18.3. The molecular weight excluding hydrogens is 364 g/mol. The second kappa shape index (κ2) is 7.35. The van der Waals surface area contributed by atoms with Gasteiger partial charge in [-0.3, -0.25) is 9.36 Å². The van der Waals surface area contributed by atoms with E-state index in [1.165, 1.54) is 19.3 Å². The molecule has 1 amide bonds. The van der Waals surface area contributed by atoms with Crippen molar-refractivity contribution >= 4 is 29.0 Å². The van der Waals surface area contributed by atoms with Crippen LogP contribution in [-0.4, -0.2) is 42.9 Å². The maximum Gasteiger partial charge on any atom is 0.236 e. The first kappa shape index (κ1) is 18.0. The van der Waals surface area contributed by atoms with Crippen LogP contribution >= 0.6 is 23.1 Å². The number of rotatable bonds is 5. The molecule has 2 aromatic rings. The van der Waals surface area contributed by atoms with Gasteiger partial charge in [0.05, 0.1) is 10.1 Å². The van der Waals surface area contributed by atoms with Crippen molar-refractivity contribution in [2.24, 2.45) is 0 Å². The first-order valence-corrected chi connectivity index (χ1v) is 11.3. The Kier molecular flexibility index (Phi) is 5.10. The summed E-state index contributed by atoms with van der Waals surface area (Å²) in [6, 6.07) is 5.28. The summed E-state index contributed by atoms with van der Waals surface area (Å²) in [5, 5.41) is 11.7. The van der Waals surface area contributed by atoms with Crippen molar-refractivity contribution in [1.82, 2.24) is 19.7 Å². The van der Waals surface area contributed by atoms with Crippen LogP contribution in [0, 0.1) is 0 Å². The van der Waals surface area contributed by atoms with Crippen LogP contribution in [0.1, 0.15) is 58.9 Å². The monoisotopic (exact) mass is 390 g/mol. The Morgan fingerprint density at radius 1 is 1.23 bits per heavy atom. The second-order valence-electron chi connectivity index (χ2n) is 7.52. The van der Waals surface area contributed by atoms with Crippen molar-refractivity contribution in [1.29, 1.82) is 0 Å². The number of thioether (sulfide) groups is 1. The van der Waals surface area contributed by atoms with Crippen LogP contribution in [0.25, 0.3) is 10.7 Å². The van der Waals surface area contributed by atoms with Crippen LogP contribution in [0.2, 0.25) is 0 Å². The molecule has 4 rings (SSSR count). The Balaban J connectivity index is 1.54. The normalized spacial score (nSPS) is 24.7. The highest BCUT2D eigenvalue weighted by Gasteiger charge is 2.35. The molecular formula is C19H26N4OS2. The Bertz CT molecular complexity index is 759. The van der Waals surface area contributed by atoms with E-state index in [0.29, 0.717) is 18.1 Å². The van der Waals surface area contributed by atoms with Crippen LogP contribution in [0.5, 0.6) is 0 Å². The molecule has 2 aromatic heterocycles. The van der Waals surface area contributed by atoms with Crippen LogP contribution in [0.4, 0.5) is 0 Å². The molecule has 1 saturated heterocycles. The molecule has 3 heterocycles. The fourth-order valence-corrected chi connectivity index (χ4v) is 5.55. The van der Waals surface area contributed by atoms with Crippen molar-refractivity contribution in [3.05, 3.63) is 17.5 Å². The first-order valence-electron chi connectivity index (χ1n) is 9.54. The minimum absolute atomic E-state index is 0.143. The lowest BCUT2D eigenvalue weighted by atomic mass is 9.97. The lowest BCUT2D eigenvalue weighted by Crippen LogP contribution is -2.50. The quantitative estimate of drug-likeness (QED) is 0.700. The van der Waals surface area contributed by atoms with Gasteiger partial charge in [0.25, 0.3) is 0 Å². The molecule has 0 radical (unpaired) electrons. The molecule has 140 valence electrons. The number of hydrogen-bond donors (Lipinski definition) is 0. The van der Waals surface area contributed by atoms with Gasteiger partial charge in [0.15, 0.2) is 11.0 Å². The average molecular weight is 391 g/mol. The number of nitrogens with zero attached hydrogens (tertiary/aromatic N) is 4. The second-order valence-corrected chi connectivity index (χ2v) is 9.77. The summed E-state index contributed by atoms with van der Waals surface area (Å²) in [5.41, 5.74) is 0. The number of likely N-dealkylation sites (tertiary alicyclic amines) is 1. The summed E-state index contributed by atoms with van der Waals surface area (Å²) in [6.45, 7) is 6.36. The topological polar surface area (TPSA) is 51.0 Å². The van der Waals surface area contributed by atoms with E-state index in [1.807, 2.05) is 13.0 Å². The summed E-state index contributed by atoms with van der Waals surface area (Å²) in [5.74, 6) is 1.18. The van der Waals surface area contributed by atoms with Crippen LogP contribution in [-0.2, 0) is 4.79 Å². The zero-order valence-electron chi connectivity index (χ0n) is 15.6. The number of aromatic nitrogens is 3. The third kappa shape index (κ3) is 3.43. The molecule has 2 aliphatic rings. The van der Waals surface area contributed by atoms with Crippen molar-refractivity contribution in [2.75, 3.05) is 0 Å². The van der Waals surface area contributed by atoms with Crippen molar-refractivity contribution in [3.63, 3.8) is 0 Å². The van der Waals surface area contributed by atoms with Crippen LogP contribution in [0.15, 0.2) is 22.7 Å². The van der Waals surface area contributed by atoms with E-state index in [1.54, 1.807) is 23.1 Å². The number of amides is 1. The van der Waals surface area contributed by atoms with E-state index in [4.69, 9.17) is 0 Å². The Morgan fingerprint density at radius 2 is 1.96 bits per heavy atom. The SMILES string of the molecule is CC(Sc1nnc(-c2cccs2)n1C1CC1)C(=O)N1C(C)CCCC1C. The van der Waals surface area contributed by atoms with Gasteiger partial charge in [-0.25, -0.2) is 0 Å². The summed E-state index contributed by atoms with van der Waals surface area (Å²) < 4.78 is 2.25. The summed E-state index contributed by atoms with van der Waals surface area (Å²) >= 11 is 3.25. The van der Waals surface area contributed by atoms with Gasteiger partial charge < -0.3 is 4.90 Å². The molecule has 5 nitrogen and oxygen atoms in total. The van der Waals surface area contributed by atoms with Crippen LogP contribution < -0.4 is 0 Å². The fourth-order valence-electron chi connectivity index (χ4n) is 3.87. The largest absolute Gasteiger partial charge is 0.336 e. The fraction of sp³-hybridized carbons (Fsp3) is 0.632. The van der Waals surface area contributed by atoms with E-state index < -0.39 is 0 Å². The average Bonchev–Trinajstić information content (AvgIpc) is 3.14. The highest BCUT2D eigenvalue weighted by Crippen LogP contribution is 2.42.